The third-order valence-electron chi connectivity index (χ3n) is 2.48. The molecule has 2 aromatic rings. The van der Waals surface area contributed by atoms with E-state index in [1.165, 1.54) is 12.4 Å². The summed E-state index contributed by atoms with van der Waals surface area (Å²) in [5.74, 6) is -2.63. The summed E-state index contributed by atoms with van der Waals surface area (Å²) in [6.45, 7) is 0.214. The Labute approximate surface area is 114 Å². The first-order chi connectivity index (χ1) is 9.44. The molecule has 1 heterocycles. The van der Waals surface area contributed by atoms with Gasteiger partial charge in [-0.2, -0.15) is 5.10 Å². The summed E-state index contributed by atoms with van der Waals surface area (Å²) in [4.78, 5) is -0.746. The maximum Gasteiger partial charge on any atom is 0.265 e. The van der Waals surface area contributed by atoms with Crippen LogP contribution in [-0.2, 0) is 16.6 Å². The summed E-state index contributed by atoms with van der Waals surface area (Å²) in [5.41, 5.74) is 0.447. The third-order valence-corrected chi connectivity index (χ3v) is 3.86. The van der Waals surface area contributed by atoms with Crippen molar-refractivity contribution in [2.75, 3.05) is 11.8 Å². The molecule has 20 heavy (non-hydrogen) atoms. The Bertz CT molecular complexity index is 701. The molecule has 0 atom stereocenters. The van der Waals surface area contributed by atoms with Crippen LogP contribution in [0.3, 0.4) is 0 Å². The van der Waals surface area contributed by atoms with Crippen LogP contribution >= 0.6 is 0 Å². The highest BCUT2D eigenvalue weighted by Crippen LogP contribution is 2.22. The monoisotopic (exact) mass is 302 g/mol. The van der Waals surface area contributed by atoms with E-state index in [9.17, 15) is 17.2 Å². The van der Waals surface area contributed by atoms with E-state index in [4.69, 9.17) is 0 Å². The fourth-order valence-corrected chi connectivity index (χ4v) is 2.81. The molecule has 9 heteroatoms. The average molecular weight is 302 g/mol. The zero-order chi connectivity index (χ0) is 14.8. The molecule has 0 unspecified atom stereocenters. The second-order valence-corrected chi connectivity index (χ2v) is 5.66. The molecule has 0 aliphatic heterocycles. The number of H-pyrrole nitrogens is 1. The van der Waals surface area contributed by atoms with Gasteiger partial charge in [-0.1, -0.05) is 0 Å². The number of halogens is 2. The van der Waals surface area contributed by atoms with E-state index in [0.29, 0.717) is 5.56 Å². The lowest BCUT2D eigenvalue weighted by molar-refractivity contribution is 0.483. The maximum absolute atomic E-state index is 13.7. The molecule has 0 aliphatic rings. The second kappa shape index (κ2) is 5.55. The number of anilines is 1. The molecule has 0 aliphatic carbocycles. The Morgan fingerprint density at radius 3 is 2.70 bits per heavy atom. The van der Waals surface area contributed by atoms with E-state index < -0.39 is 26.6 Å². The number of nitrogens with zero attached hydrogens (tertiary/aromatic N) is 1. The summed E-state index contributed by atoms with van der Waals surface area (Å²) >= 11 is 0. The van der Waals surface area contributed by atoms with Crippen molar-refractivity contribution in [3.8, 4) is 0 Å². The largest absolute Gasteiger partial charge is 0.316 e. The molecule has 1 aromatic heterocycles. The molecule has 0 saturated carbocycles. The topological polar surface area (TPSA) is 86.9 Å². The number of aromatic amines is 1. The standard InChI is InChI=1S/C11H12F2N4O2S/c1-14-4-7-2-9(12)11(13)10(3-7)20(18,19)17-8-5-15-16-6-8/h2-3,5-6,14,17H,4H2,1H3,(H,15,16). The lowest BCUT2D eigenvalue weighted by atomic mass is 10.2. The van der Waals surface area contributed by atoms with E-state index in [-0.39, 0.29) is 12.2 Å². The molecule has 3 N–H and O–H groups in total. The Kier molecular flexibility index (Phi) is 4.00. The molecule has 0 radical (unpaired) electrons. The van der Waals surface area contributed by atoms with Gasteiger partial charge in [-0.15, -0.1) is 0 Å². The van der Waals surface area contributed by atoms with Gasteiger partial charge in [0.25, 0.3) is 10.0 Å². The van der Waals surface area contributed by atoms with E-state index in [1.54, 1.807) is 7.05 Å². The van der Waals surface area contributed by atoms with Crippen molar-refractivity contribution < 1.29 is 17.2 Å². The predicted octanol–water partition coefficient (Wildman–Crippen LogP) is 1.21. The first-order valence-electron chi connectivity index (χ1n) is 5.58. The number of benzene rings is 1. The molecular formula is C11H12F2N4O2S. The number of hydrogen-bond acceptors (Lipinski definition) is 4. The number of rotatable bonds is 5. The van der Waals surface area contributed by atoms with E-state index >= 15 is 0 Å². The molecule has 0 bridgehead atoms. The summed E-state index contributed by atoms with van der Waals surface area (Å²) < 4.78 is 53.4. The second-order valence-electron chi connectivity index (χ2n) is 4.01. The summed E-state index contributed by atoms with van der Waals surface area (Å²) in [6.07, 6.45) is 2.49. The van der Waals surface area contributed by atoms with Gasteiger partial charge in [-0.3, -0.25) is 9.82 Å². The van der Waals surface area contributed by atoms with Gasteiger partial charge in [-0.25, -0.2) is 17.2 Å². The molecule has 2 rings (SSSR count). The van der Waals surface area contributed by atoms with Crippen LogP contribution in [0.2, 0.25) is 0 Å². The van der Waals surface area contributed by atoms with Crippen molar-refractivity contribution in [1.82, 2.24) is 15.5 Å². The summed E-state index contributed by atoms with van der Waals surface area (Å²) in [7, 11) is -2.62. The van der Waals surface area contributed by atoms with Crippen LogP contribution in [0.15, 0.2) is 29.4 Å². The van der Waals surface area contributed by atoms with Gasteiger partial charge in [0.1, 0.15) is 4.90 Å². The maximum atomic E-state index is 13.7. The van der Waals surface area contributed by atoms with Crippen LogP contribution < -0.4 is 10.0 Å². The van der Waals surface area contributed by atoms with E-state index in [0.717, 1.165) is 12.1 Å². The fourth-order valence-electron chi connectivity index (χ4n) is 1.64. The normalized spacial score (nSPS) is 11.6. The summed E-state index contributed by atoms with van der Waals surface area (Å²) in [6, 6.07) is 2.03. The van der Waals surface area contributed by atoms with Gasteiger partial charge in [0.05, 0.1) is 11.9 Å². The van der Waals surface area contributed by atoms with Crippen molar-refractivity contribution in [3.05, 3.63) is 41.7 Å². The predicted molar refractivity (Wildman–Crippen MR) is 68.5 cm³/mol. The zero-order valence-corrected chi connectivity index (χ0v) is 11.3. The van der Waals surface area contributed by atoms with Crippen molar-refractivity contribution in [1.29, 1.82) is 0 Å². The van der Waals surface area contributed by atoms with Gasteiger partial charge in [0.2, 0.25) is 0 Å². The Balaban J connectivity index is 2.44. The van der Waals surface area contributed by atoms with Crippen molar-refractivity contribution in [2.24, 2.45) is 0 Å². The average Bonchev–Trinajstić information content (AvgIpc) is 2.85. The molecule has 0 spiro atoms. The van der Waals surface area contributed by atoms with Crippen LogP contribution in [-0.4, -0.2) is 25.7 Å². The van der Waals surface area contributed by atoms with Gasteiger partial charge in [0.15, 0.2) is 11.6 Å². The fraction of sp³-hybridized carbons (Fsp3) is 0.182. The van der Waals surface area contributed by atoms with E-state index in [2.05, 4.69) is 20.2 Å². The highest BCUT2D eigenvalue weighted by Gasteiger charge is 2.23. The van der Waals surface area contributed by atoms with Gasteiger partial charge >= 0.3 is 0 Å². The lowest BCUT2D eigenvalue weighted by Crippen LogP contribution is -2.16. The van der Waals surface area contributed by atoms with Crippen LogP contribution in [0.25, 0.3) is 0 Å². The van der Waals surface area contributed by atoms with Crippen LogP contribution in [0.5, 0.6) is 0 Å². The summed E-state index contributed by atoms with van der Waals surface area (Å²) in [5, 5.41) is 8.70. The van der Waals surface area contributed by atoms with Crippen LogP contribution in [0.4, 0.5) is 14.5 Å². The van der Waals surface area contributed by atoms with Crippen LogP contribution in [0.1, 0.15) is 5.56 Å². The van der Waals surface area contributed by atoms with Gasteiger partial charge in [-0.05, 0) is 24.7 Å². The minimum atomic E-state index is -4.23. The van der Waals surface area contributed by atoms with Gasteiger partial charge in [0, 0.05) is 12.7 Å². The highest BCUT2D eigenvalue weighted by atomic mass is 32.2. The first-order valence-corrected chi connectivity index (χ1v) is 7.06. The highest BCUT2D eigenvalue weighted by molar-refractivity contribution is 7.92. The number of aromatic nitrogens is 2. The molecular weight excluding hydrogens is 290 g/mol. The zero-order valence-electron chi connectivity index (χ0n) is 10.4. The van der Waals surface area contributed by atoms with E-state index in [1.807, 2.05) is 0 Å². The molecule has 0 fully saturated rings. The third kappa shape index (κ3) is 2.94. The minimum absolute atomic E-state index is 0.129. The SMILES string of the molecule is CNCc1cc(F)c(F)c(S(=O)(=O)Nc2cn[nH]c2)c1. The Hall–Kier alpha value is -2.00. The minimum Gasteiger partial charge on any atom is -0.316 e. The number of sulfonamides is 1. The molecule has 6 nitrogen and oxygen atoms in total. The first kappa shape index (κ1) is 14.4. The van der Waals surface area contributed by atoms with Gasteiger partial charge < -0.3 is 5.32 Å². The van der Waals surface area contributed by atoms with Crippen LogP contribution in [0, 0.1) is 11.6 Å². The molecule has 0 amide bonds. The molecule has 108 valence electrons. The number of hydrogen-bond donors (Lipinski definition) is 3. The van der Waals surface area contributed by atoms with Crippen molar-refractivity contribution in [3.63, 3.8) is 0 Å². The Morgan fingerprint density at radius 1 is 1.35 bits per heavy atom. The van der Waals surface area contributed by atoms with Crippen molar-refractivity contribution >= 4 is 15.7 Å². The molecule has 0 saturated heterocycles. The Morgan fingerprint density at radius 2 is 2.10 bits per heavy atom. The lowest BCUT2D eigenvalue weighted by Gasteiger charge is -2.10. The van der Waals surface area contributed by atoms with Crippen molar-refractivity contribution in [2.45, 2.75) is 11.4 Å². The quantitative estimate of drug-likeness (QED) is 0.775. The smallest absolute Gasteiger partial charge is 0.265 e. The molecule has 1 aromatic carbocycles. The number of nitrogens with one attached hydrogen (secondary N) is 3.